The predicted octanol–water partition coefficient (Wildman–Crippen LogP) is 4.83. The minimum Gasteiger partial charge on any atom is -0.280 e. The van der Waals surface area contributed by atoms with Gasteiger partial charge in [0.25, 0.3) is 15.8 Å². The van der Waals surface area contributed by atoms with Crippen molar-refractivity contribution < 1.29 is 8.42 Å². The summed E-state index contributed by atoms with van der Waals surface area (Å²) in [6, 6.07) is 12.9. The highest BCUT2D eigenvalue weighted by Crippen LogP contribution is 2.33. The first-order valence-electron chi connectivity index (χ1n) is 11.1. The van der Waals surface area contributed by atoms with E-state index < -0.39 is 10.0 Å². The van der Waals surface area contributed by atoms with Crippen molar-refractivity contribution in [2.45, 2.75) is 60.8 Å². The number of benzene rings is 2. The molecular formula is C24H25N5O2S2. The summed E-state index contributed by atoms with van der Waals surface area (Å²) in [5.41, 5.74) is 5.00. The standard InChI is InChI=1S/C24H25N5O2S2/c1-3-22-16(2)27-24-25-15-26-29(24)23(22)32-20-11-9-19(10-12-20)28-33(30,31)21-13-8-17-6-4-5-7-18(17)14-21/h8-15,28H,3-7H2,1-2H3. The molecule has 1 aliphatic carbocycles. The first-order valence-corrected chi connectivity index (χ1v) is 13.4. The van der Waals surface area contributed by atoms with Crippen LogP contribution in [-0.2, 0) is 29.3 Å². The van der Waals surface area contributed by atoms with E-state index in [0.29, 0.717) is 16.4 Å². The molecule has 170 valence electrons. The third-order valence-corrected chi connectivity index (χ3v) is 8.49. The van der Waals surface area contributed by atoms with E-state index >= 15 is 0 Å². The van der Waals surface area contributed by atoms with Crippen LogP contribution in [0.1, 0.15) is 42.1 Å². The van der Waals surface area contributed by atoms with Crippen LogP contribution in [0.25, 0.3) is 5.78 Å². The van der Waals surface area contributed by atoms with Gasteiger partial charge >= 0.3 is 0 Å². The third kappa shape index (κ3) is 4.35. The average molecular weight is 480 g/mol. The summed E-state index contributed by atoms with van der Waals surface area (Å²) in [6.07, 6.45) is 6.58. The Morgan fingerprint density at radius 2 is 1.82 bits per heavy atom. The number of sulfonamides is 1. The van der Waals surface area contributed by atoms with E-state index in [9.17, 15) is 8.42 Å². The summed E-state index contributed by atoms with van der Waals surface area (Å²) in [5.74, 6) is 0.571. The fraction of sp³-hybridized carbons (Fsp3) is 0.292. The molecule has 1 N–H and O–H groups in total. The molecule has 4 aromatic rings. The van der Waals surface area contributed by atoms with Crippen molar-refractivity contribution in [3.63, 3.8) is 0 Å². The van der Waals surface area contributed by atoms with Gasteiger partial charge < -0.3 is 0 Å². The van der Waals surface area contributed by atoms with Crippen LogP contribution in [0.15, 0.2) is 63.6 Å². The van der Waals surface area contributed by atoms with Crippen LogP contribution >= 0.6 is 11.8 Å². The fourth-order valence-electron chi connectivity index (χ4n) is 4.26. The van der Waals surface area contributed by atoms with Crippen molar-refractivity contribution in [3.05, 3.63) is 71.2 Å². The summed E-state index contributed by atoms with van der Waals surface area (Å²) in [6.45, 7) is 4.07. The molecule has 9 heteroatoms. The van der Waals surface area contributed by atoms with Crippen LogP contribution in [0, 0.1) is 6.92 Å². The second-order valence-corrected chi connectivity index (χ2v) is 10.9. The zero-order valence-electron chi connectivity index (χ0n) is 18.6. The molecule has 0 radical (unpaired) electrons. The van der Waals surface area contributed by atoms with Crippen LogP contribution in [0.2, 0.25) is 0 Å². The van der Waals surface area contributed by atoms with Gasteiger partial charge in [-0.15, -0.1) is 0 Å². The van der Waals surface area contributed by atoms with Gasteiger partial charge in [-0.3, -0.25) is 4.72 Å². The minimum absolute atomic E-state index is 0.315. The molecule has 0 unspecified atom stereocenters. The van der Waals surface area contributed by atoms with Crippen molar-refractivity contribution >= 4 is 33.3 Å². The molecule has 0 atom stereocenters. The van der Waals surface area contributed by atoms with Crippen molar-refractivity contribution in [1.29, 1.82) is 0 Å². The molecular weight excluding hydrogens is 454 g/mol. The number of hydrogen-bond acceptors (Lipinski definition) is 6. The normalized spacial score (nSPS) is 13.8. The Hall–Kier alpha value is -2.91. The van der Waals surface area contributed by atoms with Gasteiger partial charge in [-0.2, -0.15) is 14.6 Å². The maximum absolute atomic E-state index is 13.0. The summed E-state index contributed by atoms with van der Waals surface area (Å²) >= 11 is 1.57. The van der Waals surface area contributed by atoms with E-state index in [1.54, 1.807) is 34.5 Å². The summed E-state index contributed by atoms with van der Waals surface area (Å²) in [4.78, 5) is 10.0. The lowest BCUT2D eigenvalue weighted by Crippen LogP contribution is -2.14. The number of hydrogen-bond donors (Lipinski definition) is 1. The first kappa shape index (κ1) is 21.9. The molecule has 7 nitrogen and oxygen atoms in total. The lowest BCUT2D eigenvalue weighted by atomic mass is 9.92. The monoisotopic (exact) mass is 479 g/mol. The average Bonchev–Trinajstić information content (AvgIpc) is 3.28. The summed E-state index contributed by atoms with van der Waals surface area (Å²) in [7, 11) is -3.64. The van der Waals surface area contributed by atoms with E-state index in [0.717, 1.165) is 52.4 Å². The van der Waals surface area contributed by atoms with Crippen LogP contribution < -0.4 is 4.72 Å². The van der Waals surface area contributed by atoms with Gasteiger partial charge in [-0.1, -0.05) is 24.8 Å². The lowest BCUT2D eigenvalue weighted by molar-refractivity contribution is 0.600. The maximum atomic E-state index is 13.0. The zero-order chi connectivity index (χ0) is 23.0. The second kappa shape index (κ2) is 8.79. The van der Waals surface area contributed by atoms with Gasteiger partial charge in [0, 0.05) is 21.8 Å². The Morgan fingerprint density at radius 3 is 2.58 bits per heavy atom. The molecule has 1 aliphatic rings. The molecule has 0 aliphatic heterocycles. The first-order chi connectivity index (χ1) is 15.9. The largest absolute Gasteiger partial charge is 0.280 e. The number of aromatic nitrogens is 4. The highest BCUT2D eigenvalue weighted by atomic mass is 32.2. The van der Waals surface area contributed by atoms with Crippen molar-refractivity contribution in [3.8, 4) is 0 Å². The third-order valence-electron chi connectivity index (χ3n) is 5.99. The number of anilines is 1. The van der Waals surface area contributed by atoms with Gasteiger partial charge in [-0.25, -0.2) is 13.4 Å². The Bertz CT molecular complexity index is 1430. The molecule has 0 saturated carbocycles. The van der Waals surface area contributed by atoms with E-state index in [1.165, 1.54) is 18.3 Å². The molecule has 0 fully saturated rings. The second-order valence-electron chi connectivity index (χ2n) is 8.18. The van der Waals surface area contributed by atoms with Crippen LogP contribution in [0.5, 0.6) is 0 Å². The summed E-state index contributed by atoms with van der Waals surface area (Å²) in [5, 5.41) is 5.30. The molecule has 5 rings (SSSR count). The predicted molar refractivity (Wildman–Crippen MR) is 129 cm³/mol. The Kier molecular flexibility index (Phi) is 5.84. The lowest BCUT2D eigenvalue weighted by Gasteiger charge is -2.17. The van der Waals surface area contributed by atoms with Crippen molar-refractivity contribution in [2.75, 3.05) is 4.72 Å². The van der Waals surface area contributed by atoms with Gasteiger partial charge in [0.15, 0.2) is 0 Å². The van der Waals surface area contributed by atoms with Gasteiger partial charge in [0.1, 0.15) is 11.4 Å². The van der Waals surface area contributed by atoms with E-state index in [4.69, 9.17) is 0 Å². The Labute approximate surface area is 197 Å². The molecule has 0 spiro atoms. The highest BCUT2D eigenvalue weighted by molar-refractivity contribution is 7.99. The topological polar surface area (TPSA) is 89.2 Å². The molecule has 0 bridgehead atoms. The number of nitrogens with zero attached hydrogens (tertiary/aromatic N) is 4. The van der Waals surface area contributed by atoms with E-state index in [-0.39, 0.29) is 0 Å². The van der Waals surface area contributed by atoms with Gasteiger partial charge in [0.05, 0.1) is 4.90 Å². The molecule has 2 aromatic heterocycles. The van der Waals surface area contributed by atoms with Crippen LogP contribution in [0.3, 0.4) is 0 Å². The smallest absolute Gasteiger partial charge is 0.261 e. The maximum Gasteiger partial charge on any atom is 0.261 e. The quantitative estimate of drug-likeness (QED) is 0.399. The van der Waals surface area contributed by atoms with E-state index in [2.05, 4.69) is 26.7 Å². The number of rotatable bonds is 6. The molecule has 2 heterocycles. The van der Waals surface area contributed by atoms with Crippen LogP contribution in [-0.4, -0.2) is 28.0 Å². The van der Waals surface area contributed by atoms with E-state index in [1.807, 2.05) is 31.2 Å². The summed E-state index contributed by atoms with van der Waals surface area (Å²) < 4.78 is 30.4. The number of nitrogens with one attached hydrogen (secondary N) is 1. The Morgan fingerprint density at radius 1 is 1.06 bits per heavy atom. The van der Waals surface area contributed by atoms with Crippen molar-refractivity contribution in [1.82, 2.24) is 19.6 Å². The molecule has 33 heavy (non-hydrogen) atoms. The van der Waals surface area contributed by atoms with Gasteiger partial charge in [0.2, 0.25) is 0 Å². The molecule has 0 saturated heterocycles. The molecule has 0 amide bonds. The SMILES string of the molecule is CCc1c(C)nc2ncnn2c1Sc1ccc(NS(=O)(=O)c2ccc3c(c2)CCCC3)cc1. The zero-order valence-corrected chi connectivity index (χ0v) is 20.2. The van der Waals surface area contributed by atoms with Crippen LogP contribution in [0.4, 0.5) is 5.69 Å². The fourth-order valence-corrected chi connectivity index (χ4v) is 6.50. The number of fused-ring (bicyclic) bond motifs is 2. The van der Waals surface area contributed by atoms with Gasteiger partial charge in [-0.05, 0) is 86.6 Å². The Balaban J connectivity index is 1.37. The minimum atomic E-state index is -3.64. The van der Waals surface area contributed by atoms with Crippen molar-refractivity contribution in [2.24, 2.45) is 0 Å². The highest BCUT2D eigenvalue weighted by Gasteiger charge is 2.19. The number of aryl methyl sites for hydroxylation is 3. The molecule has 2 aromatic carbocycles.